The van der Waals surface area contributed by atoms with Crippen LogP contribution in [0.3, 0.4) is 0 Å². The highest BCUT2D eigenvalue weighted by Crippen LogP contribution is 2.28. The number of nitrogens with zero attached hydrogens (tertiary/aromatic N) is 1. The Kier molecular flexibility index (Phi) is 7.87. The van der Waals surface area contributed by atoms with E-state index in [1.54, 1.807) is 25.3 Å². The predicted molar refractivity (Wildman–Crippen MR) is 96.4 cm³/mol. The Morgan fingerprint density at radius 3 is 2.77 bits per heavy atom. The van der Waals surface area contributed by atoms with E-state index >= 15 is 0 Å². The second-order valence-corrected chi connectivity index (χ2v) is 5.76. The molecule has 0 amide bonds. The molecule has 0 fully saturated rings. The van der Waals surface area contributed by atoms with Gasteiger partial charge in [-0.25, -0.2) is 4.39 Å². The van der Waals surface area contributed by atoms with Crippen molar-refractivity contribution < 1.29 is 19.0 Å². The molecule has 2 N–H and O–H groups in total. The highest BCUT2D eigenvalue weighted by molar-refractivity contribution is 5.43. The number of nitrogens with one attached hydrogen (secondary N) is 1. The van der Waals surface area contributed by atoms with Gasteiger partial charge in [0, 0.05) is 25.1 Å². The first-order valence-electron chi connectivity index (χ1n) is 8.45. The number of hydrogen-bond donors (Lipinski definition) is 2. The van der Waals surface area contributed by atoms with Gasteiger partial charge in [0.2, 0.25) is 0 Å². The number of nitriles is 1. The van der Waals surface area contributed by atoms with Crippen molar-refractivity contribution in [3.8, 4) is 17.6 Å². The monoisotopic (exact) mass is 358 g/mol. The van der Waals surface area contributed by atoms with Crippen LogP contribution < -0.4 is 14.8 Å². The molecule has 0 aliphatic heterocycles. The molecular formula is C20H23FN2O3. The smallest absolute Gasteiger partial charge is 0.161 e. The SMILES string of the molecule is COc1ccc(CNCC(O)c2ccccc2F)cc1OCCCC#N. The van der Waals surface area contributed by atoms with Gasteiger partial charge in [-0.15, -0.1) is 0 Å². The number of ether oxygens (including phenoxy) is 2. The van der Waals surface area contributed by atoms with Gasteiger partial charge in [0.15, 0.2) is 11.5 Å². The van der Waals surface area contributed by atoms with Crippen molar-refractivity contribution in [2.45, 2.75) is 25.5 Å². The van der Waals surface area contributed by atoms with Gasteiger partial charge in [0.25, 0.3) is 0 Å². The summed E-state index contributed by atoms with van der Waals surface area (Å²) in [6, 6.07) is 13.8. The molecular weight excluding hydrogens is 335 g/mol. The zero-order chi connectivity index (χ0) is 18.8. The Bertz CT molecular complexity index is 746. The summed E-state index contributed by atoms with van der Waals surface area (Å²) in [5.74, 6) is 0.816. The Morgan fingerprint density at radius 2 is 2.04 bits per heavy atom. The average Bonchev–Trinajstić information content (AvgIpc) is 2.65. The van der Waals surface area contributed by atoms with Crippen molar-refractivity contribution in [3.63, 3.8) is 0 Å². The summed E-state index contributed by atoms with van der Waals surface area (Å²) in [4.78, 5) is 0. The lowest BCUT2D eigenvalue weighted by atomic mass is 10.1. The molecule has 0 aromatic heterocycles. The maximum atomic E-state index is 13.7. The first kappa shape index (κ1) is 19.7. The van der Waals surface area contributed by atoms with E-state index in [2.05, 4.69) is 11.4 Å². The molecule has 1 atom stereocenters. The zero-order valence-corrected chi connectivity index (χ0v) is 14.7. The number of halogens is 1. The predicted octanol–water partition coefficient (Wildman–Crippen LogP) is 3.34. The van der Waals surface area contributed by atoms with E-state index in [1.807, 2.05) is 18.2 Å². The summed E-state index contributed by atoms with van der Waals surface area (Å²) < 4.78 is 24.6. The topological polar surface area (TPSA) is 74.5 Å². The molecule has 5 nitrogen and oxygen atoms in total. The van der Waals surface area contributed by atoms with Crippen LogP contribution in [0.1, 0.15) is 30.1 Å². The number of unbranched alkanes of at least 4 members (excludes halogenated alkanes) is 1. The van der Waals surface area contributed by atoms with Crippen LogP contribution >= 0.6 is 0 Å². The lowest BCUT2D eigenvalue weighted by Crippen LogP contribution is -2.21. The number of rotatable bonds is 10. The number of methoxy groups -OCH3 is 1. The molecule has 0 bridgehead atoms. The fourth-order valence-electron chi connectivity index (χ4n) is 2.49. The molecule has 6 heteroatoms. The average molecular weight is 358 g/mol. The van der Waals surface area contributed by atoms with Crippen LogP contribution in [0.25, 0.3) is 0 Å². The van der Waals surface area contributed by atoms with E-state index < -0.39 is 11.9 Å². The maximum Gasteiger partial charge on any atom is 0.161 e. The van der Waals surface area contributed by atoms with Crippen LogP contribution in [-0.4, -0.2) is 25.4 Å². The molecule has 2 rings (SSSR count). The summed E-state index contributed by atoms with van der Waals surface area (Å²) in [6.45, 7) is 1.15. The van der Waals surface area contributed by atoms with Gasteiger partial charge in [0.05, 0.1) is 25.9 Å². The zero-order valence-electron chi connectivity index (χ0n) is 14.7. The van der Waals surface area contributed by atoms with E-state index in [1.165, 1.54) is 6.07 Å². The largest absolute Gasteiger partial charge is 0.493 e. The van der Waals surface area contributed by atoms with Crippen molar-refractivity contribution in [3.05, 3.63) is 59.4 Å². The third-order valence-corrected chi connectivity index (χ3v) is 3.85. The summed E-state index contributed by atoms with van der Waals surface area (Å²) in [7, 11) is 1.57. The molecule has 26 heavy (non-hydrogen) atoms. The van der Waals surface area contributed by atoms with E-state index in [0.29, 0.717) is 37.5 Å². The fourth-order valence-corrected chi connectivity index (χ4v) is 2.49. The second kappa shape index (κ2) is 10.4. The lowest BCUT2D eigenvalue weighted by Gasteiger charge is -2.15. The maximum absolute atomic E-state index is 13.7. The Labute approximate surface area is 153 Å². The second-order valence-electron chi connectivity index (χ2n) is 5.76. The van der Waals surface area contributed by atoms with Gasteiger partial charge < -0.3 is 19.9 Å². The van der Waals surface area contributed by atoms with E-state index in [9.17, 15) is 9.50 Å². The third-order valence-electron chi connectivity index (χ3n) is 3.85. The van der Waals surface area contributed by atoms with Crippen LogP contribution in [0.2, 0.25) is 0 Å². The Hall–Kier alpha value is -2.62. The lowest BCUT2D eigenvalue weighted by molar-refractivity contribution is 0.169. The van der Waals surface area contributed by atoms with Crippen LogP contribution in [0, 0.1) is 17.1 Å². The number of benzene rings is 2. The first-order valence-corrected chi connectivity index (χ1v) is 8.45. The van der Waals surface area contributed by atoms with E-state index in [0.717, 1.165) is 5.56 Å². The van der Waals surface area contributed by atoms with Crippen LogP contribution in [-0.2, 0) is 6.54 Å². The molecule has 0 spiro atoms. The van der Waals surface area contributed by atoms with Crippen molar-refractivity contribution >= 4 is 0 Å². The van der Waals surface area contributed by atoms with Gasteiger partial charge >= 0.3 is 0 Å². The number of aliphatic hydroxyl groups excluding tert-OH is 1. The molecule has 0 heterocycles. The highest BCUT2D eigenvalue weighted by Gasteiger charge is 2.12. The third kappa shape index (κ3) is 5.73. The molecule has 0 aliphatic rings. The first-order chi connectivity index (χ1) is 12.7. The molecule has 2 aromatic carbocycles. The van der Waals surface area contributed by atoms with Crippen molar-refractivity contribution in [2.24, 2.45) is 0 Å². The van der Waals surface area contributed by atoms with Gasteiger partial charge in [-0.1, -0.05) is 24.3 Å². The Morgan fingerprint density at radius 1 is 1.23 bits per heavy atom. The van der Waals surface area contributed by atoms with Gasteiger partial charge in [0.1, 0.15) is 5.82 Å². The summed E-state index contributed by atoms with van der Waals surface area (Å²) >= 11 is 0. The van der Waals surface area contributed by atoms with Crippen molar-refractivity contribution in [2.75, 3.05) is 20.3 Å². The number of aliphatic hydroxyl groups is 1. The molecule has 0 radical (unpaired) electrons. The van der Waals surface area contributed by atoms with Crippen LogP contribution in [0.5, 0.6) is 11.5 Å². The Balaban J connectivity index is 1.90. The van der Waals surface area contributed by atoms with Crippen molar-refractivity contribution in [1.29, 1.82) is 5.26 Å². The minimum atomic E-state index is -0.920. The molecule has 1 unspecified atom stereocenters. The quantitative estimate of drug-likeness (QED) is 0.637. The summed E-state index contributed by atoms with van der Waals surface area (Å²) in [6.07, 6.45) is 0.171. The molecule has 138 valence electrons. The van der Waals surface area contributed by atoms with Gasteiger partial charge in [-0.05, 0) is 30.2 Å². The summed E-state index contributed by atoms with van der Waals surface area (Å²) in [5.41, 5.74) is 1.22. The minimum Gasteiger partial charge on any atom is -0.493 e. The van der Waals surface area contributed by atoms with Gasteiger partial charge in [-0.3, -0.25) is 0 Å². The van der Waals surface area contributed by atoms with Crippen LogP contribution in [0.4, 0.5) is 4.39 Å². The van der Waals surface area contributed by atoms with E-state index in [-0.39, 0.29) is 12.1 Å². The summed E-state index contributed by atoms with van der Waals surface area (Å²) in [5, 5.41) is 21.8. The molecule has 0 saturated carbocycles. The molecule has 2 aromatic rings. The van der Waals surface area contributed by atoms with Gasteiger partial charge in [-0.2, -0.15) is 5.26 Å². The van der Waals surface area contributed by atoms with E-state index in [4.69, 9.17) is 14.7 Å². The molecule has 0 aliphatic carbocycles. The normalized spacial score (nSPS) is 11.6. The highest BCUT2D eigenvalue weighted by atomic mass is 19.1. The minimum absolute atomic E-state index is 0.228. The van der Waals surface area contributed by atoms with Crippen molar-refractivity contribution in [1.82, 2.24) is 5.32 Å². The van der Waals surface area contributed by atoms with Crippen LogP contribution in [0.15, 0.2) is 42.5 Å². The fraction of sp³-hybridized carbons (Fsp3) is 0.350. The number of hydrogen-bond acceptors (Lipinski definition) is 5. The standard InChI is InChI=1S/C20H23FN2O3/c1-25-19-9-8-15(12-20(19)26-11-5-4-10-22)13-23-14-18(24)16-6-2-3-7-17(16)21/h2-3,6-9,12,18,23-24H,4-5,11,13-14H2,1H3. The molecule has 0 saturated heterocycles.